The fraction of sp³-hybridized carbons (Fsp3) is 0.923. The predicted octanol–water partition coefficient (Wildman–Crippen LogP) is 1.75. The first-order chi connectivity index (χ1) is 8.24. The molecule has 100 valence electrons. The monoisotopic (exact) mass is 242 g/mol. The smallest absolute Gasteiger partial charge is 0.241 e. The molecule has 4 heteroatoms. The van der Waals surface area contributed by atoms with Crippen molar-refractivity contribution in [2.24, 2.45) is 0 Å². The molecular formula is C13H26N2O2. The molecule has 0 saturated carbocycles. The van der Waals surface area contributed by atoms with E-state index in [1.807, 2.05) is 4.90 Å². The topological polar surface area (TPSA) is 41.6 Å². The SMILES string of the molecule is CCCOCCCN1C(=O)C(CC)NC1CC. The minimum absolute atomic E-state index is 0.0245. The van der Waals surface area contributed by atoms with Gasteiger partial charge in [0.1, 0.15) is 0 Å². The Bertz CT molecular complexity index is 233. The van der Waals surface area contributed by atoms with Gasteiger partial charge in [-0.05, 0) is 25.7 Å². The van der Waals surface area contributed by atoms with Gasteiger partial charge in [-0.25, -0.2) is 0 Å². The van der Waals surface area contributed by atoms with Crippen molar-refractivity contribution >= 4 is 5.91 Å². The molecule has 0 bridgehead atoms. The molecule has 0 radical (unpaired) electrons. The van der Waals surface area contributed by atoms with Crippen molar-refractivity contribution in [2.75, 3.05) is 19.8 Å². The standard InChI is InChI=1S/C13H26N2O2/c1-4-9-17-10-7-8-15-12(6-3)14-11(5-2)13(15)16/h11-12,14H,4-10H2,1-3H3. The summed E-state index contributed by atoms with van der Waals surface area (Å²) in [6, 6.07) is 0.0245. The van der Waals surface area contributed by atoms with E-state index in [0.29, 0.717) is 0 Å². The summed E-state index contributed by atoms with van der Waals surface area (Å²) >= 11 is 0. The molecule has 1 amide bonds. The van der Waals surface area contributed by atoms with E-state index in [9.17, 15) is 4.79 Å². The van der Waals surface area contributed by atoms with Crippen LogP contribution in [0.3, 0.4) is 0 Å². The van der Waals surface area contributed by atoms with Crippen molar-refractivity contribution < 1.29 is 9.53 Å². The van der Waals surface area contributed by atoms with Gasteiger partial charge in [0, 0.05) is 19.8 Å². The second kappa shape index (κ2) is 7.67. The van der Waals surface area contributed by atoms with Crippen molar-refractivity contribution in [3.05, 3.63) is 0 Å². The van der Waals surface area contributed by atoms with Gasteiger partial charge in [-0.2, -0.15) is 0 Å². The van der Waals surface area contributed by atoms with E-state index < -0.39 is 0 Å². The highest BCUT2D eigenvalue weighted by molar-refractivity contribution is 5.84. The van der Waals surface area contributed by atoms with Gasteiger partial charge in [0.25, 0.3) is 0 Å². The molecule has 2 unspecified atom stereocenters. The summed E-state index contributed by atoms with van der Waals surface area (Å²) < 4.78 is 5.44. The molecule has 1 heterocycles. The molecule has 1 saturated heterocycles. The van der Waals surface area contributed by atoms with Crippen molar-refractivity contribution in [1.82, 2.24) is 10.2 Å². The number of carbonyl (C=O) groups excluding carboxylic acids is 1. The van der Waals surface area contributed by atoms with E-state index in [0.717, 1.165) is 45.4 Å². The largest absolute Gasteiger partial charge is 0.381 e. The minimum Gasteiger partial charge on any atom is -0.381 e. The quantitative estimate of drug-likeness (QED) is 0.659. The van der Waals surface area contributed by atoms with Crippen molar-refractivity contribution in [3.8, 4) is 0 Å². The predicted molar refractivity (Wildman–Crippen MR) is 68.7 cm³/mol. The third-order valence-corrected chi connectivity index (χ3v) is 3.18. The number of nitrogens with zero attached hydrogens (tertiary/aromatic N) is 1. The van der Waals surface area contributed by atoms with Gasteiger partial charge in [-0.3, -0.25) is 10.1 Å². The molecule has 0 aromatic rings. The number of hydrogen-bond donors (Lipinski definition) is 1. The van der Waals surface area contributed by atoms with E-state index in [4.69, 9.17) is 4.74 Å². The lowest BCUT2D eigenvalue weighted by Crippen LogP contribution is -2.37. The number of carbonyl (C=O) groups is 1. The molecular weight excluding hydrogens is 216 g/mol. The van der Waals surface area contributed by atoms with Crippen molar-refractivity contribution in [3.63, 3.8) is 0 Å². The van der Waals surface area contributed by atoms with Crippen LogP contribution in [-0.2, 0) is 9.53 Å². The van der Waals surface area contributed by atoms with Crippen LogP contribution in [0.4, 0.5) is 0 Å². The maximum atomic E-state index is 12.0. The number of ether oxygens (including phenoxy) is 1. The van der Waals surface area contributed by atoms with Gasteiger partial charge in [0.2, 0.25) is 5.91 Å². The molecule has 4 nitrogen and oxygen atoms in total. The molecule has 0 aromatic heterocycles. The lowest BCUT2D eigenvalue weighted by Gasteiger charge is -2.22. The highest BCUT2D eigenvalue weighted by Gasteiger charge is 2.35. The number of rotatable bonds is 8. The van der Waals surface area contributed by atoms with Crippen LogP contribution in [0, 0.1) is 0 Å². The summed E-state index contributed by atoms with van der Waals surface area (Å²) in [5, 5.41) is 3.38. The summed E-state index contributed by atoms with van der Waals surface area (Å²) in [6.45, 7) is 8.66. The molecule has 2 atom stereocenters. The Hall–Kier alpha value is -0.610. The Balaban J connectivity index is 2.32. The average Bonchev–Trinajstić information content (AvgIpc) is 2.65. The Morgan fingerprint density at radius 1 is 1.24 bits per heavy atom. The van der Waals surface area contributed by atoms with E-state index in [-0.39, 0.29) is 18.1 Å². The van der Waals surface area contributed by atoms with Crippen LogP contribution in [0.5, 0.6) is 0 Å². The van der Waals surface area contributed by atoms with Crippen LogP contribution in [0.1, 0.15) is 46.5 Å². The number of amides is 1. The highest BCUT2D eigenvalue weighted by Crippen LogP contribution is 2.15. The van der Waals surface area contributed by atoms with E-state index in [1.54, 1.807) is 0 Å². The van der Waals surface area contributed by atoms with Crippen molar-refractivity contribution in [1.29, 1.82) is 0 Å². The van der Waals surface area contributed by atoms with Crippen LogP contribution < -0.4 is 5.32 Å². The summed E-state index contributed by atoms with van der Waals surface area (Å²) in [5.74, 6) is 0.259. The normalized spacial score (nSPS) is 24.6. The molecule has 0 spiro atoms. The van der Waals surface area contributed by atoms with Gasteiger partial charge in [0.05, 0.1) is 12.2 Å². The van der Waals surface area contributed by atoms with E-state index >= 15 is 0 Å². The van der Waals surface area contributed by atoms with Gasteiger partial charge in [-0.15, -0.1) is 0 Å². The minimum atomic E-state index is 0.0245. The van der Waals surface area contributed by atoms with Gasteiger partial charge >= 0.3 is 0 Å². The second-order valence-electron chi connectivity index (χ2n) is 4.55. The first-order valence-corrected chi connectivity index (χ1v) is 6.88. The maximum absolute atomic E-state index is 12.0. The van der Waals surface area contributed by atoms with E-state index in [1.165, 1.54) is 0 Å². The fourth-order valence-corrected chi connectivity index (χ4v) is 2.23. The van der Waals surface area contributed by atoms with Gasteiger partial charge in [0.15, 0.2) is 0 Å². The molecule has 1 N–H and O–H groups in total. The molecule has 1 aliphatic rings. The summed E-state index contributed by atoms with van der Waals surface area (Å²) in [7, 11) is 0. The summed E-state index contributed by atoms with van der Waals surface area (Å²) in [5.41, 5.74) is 0. The molecule has 1 aliphatic heterocycles. The first kappa shape index (κ1) is 14.5. The number of nitrogens with one attached hydrogen (secondary N) is 1. The van der Waals surface area contributed by atoms with Crippen molar-refractivity contribution in [2.45, 2.75) is 58.7 Å². The average molecular weight is 242 g/mol. The van der Waals surface area contributed by atoms with Crippen LogP contribution in [-0.4, -0.2) is 42.8 Å². The third kappa shape index (κ3) is 3.96. The Morgan fingerprint density at radius 2 is 2.00 bits per heavy atom. The molecule has 1 rings (SSSR count). The highest BCUT2D eigenvalue weighted by atomic mass is 16.5. The molecule has 1 fully saturated rings. The Morgan fingerprint density at radius 3 is 2.59 bits per heavy atom. The van der Waals surface area contributed by atoms with Crippen LogP contribution in [0.25, 0.3) is 0 Å². The second-order valence-corrected chi connectivity index (χ2v) is 4.55. The van der Waals surface area contributed by atoms with Crippen LogP contribution in [0.15, 0.2) is 0 Å². The summed E-state index contributed by atoms with van der Waals surface area (Å²) in [4.78, 5) is 14.0. The first-order valence-electron chi connectivity index (χ1n) is 6.88. The maximum Gasteiger partial charge on any atom is 0.241 e. The fourth-order valence-electron chi connectivity index (χ4n) is 2.23. The Kier molecular flexibility index (Phi) is 6.52. The van der Waals surface area contributed by atoms with Gasteiger partial charge < -0.3 is 9.64 Å². The lowest BCUT2D eigenvalue weighted by atomic mass is 10.2. The van der Waals surface area contributed by atoms with E-state index in [2.05, 4.69) is 26.1 Å². The zero-order valence-electron chi connectivity index (χ0n) is 11.4. The number of hydrogen-bond acceptors (Lipinski definition) is 3. The molecule has 0 aliphatic carbocycles. The third-order valence-electron chi connectivity index (χ3n) is 3.18. The van der Waals surface area contributed by atoms with Crippen LogP contribution >= 0.6 is 0 Å². The Labute approximate surface area is 105 Å². The zero-order chi connectivity index (χ0) is 12.7. The molecule has 0 aromatic carbocycles. The lowest BCUT2D eigenvalue weighted by molar-refractivity contribution is -0.130. The summed E-state index contributed by atoms with van der Waals surface area (Å²) in [6.07, 6.45) is 4.05. The zero-order valence-corrected chi connectivity index (χ0v) is 11.4. The van der Waals surface area contributed by atoms with Gasteiger partial charge in [-0.1, -0.05) is 20.8 Å². The molecule has 17 heavy (non-hydrogen) atoms. The van der Waals surface area contributed by atoms with Crippen LogP contribution in [0.2, 0.25) is 0 Å².